The fourth-order valence-corrected chi connectivity index (χ4v) is 1.74. The second kappa shape index (κ2) is 4.72. The molecule has 0 N–H and O–H groups in total. The van der Waals surface area contributed by atoms with Gasteiger partial charge >= 0.3 is 0 Å². The molecule has 0 aliphatic carbocycles. The summed E-state index contributed by atoms with van der Waals surface area (Å²) in [6, 6.07) is 2.11. The molecule has 1 aromatic rings. The van der Waals surface area contributed by atoms with Gasteiger partial charge in [-0.1, -0.05) is 0 Å². The van der Waals surface area contributed by atoms with Crippen molar-refractivity contribution in [3.63, 3.8) is 0 Å². The van der Waals surface area contributed by atoms with Crippen LogP contribution in [0.2, 0.25) is 0 Å². The van der Waals surface area contributed by atoms with Crippen LogP contribution in [-0.4, -0.2) is 30.5 Å². The van der Waals surface area contributed by atoms with Crippen molar-refractivity contribution >= 4 is 15.9 Å². The molecule has 0 aromatic carbocycles. The Morgan fingerprint density at radius 3 is 2.69 bits per heavy atom. The van der Waals surface area contributed by atoms with Gasteiger partial charge in [0.2, 0.25) is 0 Å². The minimum Gasteiger partial charge on any atom is -0.309 e. The molecule has 0 fully saturated rings. The van der Waals surface area contributed by atoms with Crippen LogP contribution in [0.4, 0.5) is 0 Å². The van der Waals surface area contributed by atoms with Crippen LogP contribution in [0.1, 0.15) is 11.3 Å². The third-order valence-corrected chi connectivity index (χ3v) is 2.54. The van der Waals surface area contributed by atoms with Crippen molar-refractivity contribution in [3.05, 3.63) is 28.0 Å². The maximum atomic E-state index is 4.38. The van der Waals surface area contributed by atoms with Crippen LogP contribution in [0.25, 0.3) is 0 Å². The highest BCUT2D eigenvalue weighted by atomic mass is 79.9. The lowest BCUT2D eigenvalue weighted by Gasteiger charge is -2.09. The first-order valence-corrected chi connectivity index (χ1v) is 5.14. The minimum absolute atomic E-state index is 0.994. The van der Waals surface area contributed by atoms with Gasteiger partial charge in [-0.25, -0.2) is 0 Å². The molecule has 0 amide bonds. The Hall–Kier alpha value is -0.410. The Labute approximate surface area is 88.1 Å². The van der Waals surface area contributed by atoms with E-state index in [4.69, 9.17) is 0 Å². The van der Waals surface area contributed by atoms with Crippen molar-refractivity contribution in [2.45, 2.75) is 13.3 Å². The van der Waals surface area contributed by atoms with Gasteiger partial charge in [0.15, 0.2) is 0 Å². The number of rotatable bonds is 3. The molecule has 0 unspecified atom stereocenters. The van der Waals surface area contributed by atoms with Gasteiger partial charge in [-0.2, -0.15) is 0 Å². The molecule has 0 radical (unpaired) electrons. The van der Waals surface area contributed by atoms with Crippen molar-refractivity contribution in [2.24, 2.45) is 0 Å². The van der Waals surface area contributed by atoms with Crippen LogP contribution in [-0.2, 0) is 6.42 Å². The third kappa shape index (κ3) is 3.44. The van der Waals surface area contributed by atoms with Crippen molar-refractivity contribution in [3.8, 4) is 0 Å². The molecular formula is C10H15BrN2. The first-order valence-electron chi connectivity index (χ1n) is 4.35. The Bertz CT molecular complexity index is 284. The summed E-state index contributed by atoms with van der Waals surface area (Å²) in [5.41, 5.74) is 2.33. The zero-order chi connectivity index (χ0) is 9.84. The molecular weight excluding hydrogens is 228 g/mol. The van der Waals surface area contributed by atoms with E-state index in [1.165, 1.54) is 5.56 Å². The van der Waals surface area contributed by atoms with Crippen LogP contribution in [0.3, 0.4) is 0 Å². The Morgan fingerprint density at radius 2 is 2.15 bits per heavy atom. The van der Waals surface area contributed by atoms with Gasteiger partial charge in [0, 0.05) is 23.6 Å². The summed E-state index contributed by atoms with van der Waals surface area (Å²) in [4.78, 5) is 6.54. The molecule has 1 heterocycles. The van der Waals surface area contributed by atoms with Crippen molar-refractivity contribution in [1.29, 1.82) is 0 Å². The smallest absolute Gasteiger partial charge is 0.0558 e. The van der Waals surface area contributed by atoms with Gasteiger partial charge in [0.25, 0.3) is 0 Å². The first kappa shape index (κ1) is 10.7. The first-order chi connectivity index (χ1) is 6.09. The van der Waals surface area contributed by atoms with Gasteiger partial charge in [0.1, 0.15) is 0 Å². The van der Waals surface area contributed by atoms with E-state index in [0.717, 1.165) is 23.1 Å². The lowest BCUT2D eigenvalue weighted by Crippen LogP contribution is -2.15. The predicted octanol–water partition coefficient (Wildman–Crippen LogP) is 2.26. The molecule has 3 heteroatoms. The zero-order valence-electron chi connectivity index (χ0n) is 8.34. The number of halogens is 1. The topological polar surface area (TPSA) is 16.1 Å². The Morgan fingerprint density at radius 1 is 1.46 bits per heavy atom. The van der Waals surface area contributed by atoms with Crippen molar-refractivity contribution in [2.75, 3.05) is 20.6 Å². The van der Waals surface area contributed by atoms with Crippen LogP contribution < -0.4 is 0 Å². The van der Waals surface area contributed by atoms with E-state index in [-0.39, 0.29) is 0 Å². The molecule has 0 atom stereocenters. The molecule has 0 spiro atoms. The van der Waals surface area contributed by atoms with E-state index in [9.17, 15) is 0 Å². The van der Waals surface area contributed by atoms with Crippen LogP contribution in [0.5, 0.6) is 0 Å². The SMILES string of the molecule is Cc1cnc(CCN(C)C)c(Br)c1. The lowest BCUT2D eigenvalue weighted by molar-refractivity contribution is 0.411. The van der Waals surface area contributed by atoms with Crippen LogP contribution in [0, 0.1) is 6.92 Å². The van der Waals surface area contributed by atoms with Gasteiger partial charge in [-0.05, 0) is 48.6 Å². The van der Waals surface area contributed by atoms with E-state index in [0.29, 0.717) is 0 Å². The second-order valence-electron chi connectivity index (χ2n) is 3.49. The van der Waals surface area contributed by atoms with Crippen molar-refractivity contribution < 1.29 is 0 Å². The molecule has 72 valence electrons. The standard InChI is InChI=1S/C10H15BrN2/c1-8-6-9(11)10(12-7-8)4-5-13(2)3/h6-7H,4-5H2,1-3H3. The molecule has 0 saturated carbocycles. The normalized spacial score (nSPS) is 10.8. The molecule has 0 aliphatic heterocycles. The molecule has 0 bridgehead atoms. The molecule has 0 aliphatic rings. The summed E-state index contributed by atoms with van der Waals surface area (Å²) in [6.45, 7) is 3.09. The molecule has 2 nitrogen and oxygen atoms in total. The van der Waals surface area contributed by atoms with E-state index in [1.54, 1.807) is 0 Å². The van der Waals surface area contributed by atoms with Gasteiger partial charge in [-0.15, -0.1) is 0 Å². The average Bonchev–Trinajstić information content (AvgIpc) is 2.02. The Balaban J connectivity index is 2.67. The quantitative estimate of drug-likeness (QED) is 0.809. The summed E-state index contributed by atoms with van der Waals surface area (Å²) in [5, 5.41) is 0. The highest BCUT2D eigenvalue weighted by Crippen LogP contribution is 2.16. The highest BCUT2D eigenvalue weighted by Gasteiger charge is 2.01. The molecule has 13 heavy (non-hydrogen) atoms. The molecule has 1 rings (SSSR count). The van der Waals surface area contributed by atoms with Gasteiger partial charge in [-0.3, -0.25) is 4.98 Å². The van der Waals surface area contributed by atoms with E-state index in [2.05, 4.69) is 46.0 Å². The highest BCUT2D eigenvalue weighted by molar-refractivity contribution is 9.10. The molecule has 0 saturated heterocycles. The molecule has 1 aromatic heterocycles. The lowest BCUT2D eigenvalue weighted by atomic mass is 10.2. The number of hydrogen-bond donors (Lipinski definition) is 0. The number of aryl methyl sites for hydroxylation is 1. The largest absolute Gasteiger partial charge is 0.309 e. The van der Waals surface area contributed by atoms with Crippen LogP contribution in [0.15, 0.2) is 16.7 Å². The summed E-state index contributed by atoms with van der Waals surface area (Å²) < 4.78 is 1.12. The van der Waals surface area contributed by atoms with Gasteiger partial charge in [0.05, 0.1) is 5.69 Å². The number of nitrogens with zero attached hydrogens (tertiary/aromatic N) is 2. The maximum Gasteiger partial charge on any atom is 0.0558 e. The number of aromatic nitrogens is 1. The number of likely N-dealkylation sites (N-methyl/N-ethyl adjacent to an activating group) is 1. The minimum atomic E-state index is 0.994. The maximum absolute atomic E-state index is 4.38. The van der Waals surface area contributed by atoms with E-state index >= 15 is 0 Å². The van der Waals surface area contributed by atoms with Crippen molar-refractivity contribution in [1.82, 2.24) is 9.88 Å². The summed E-state index contributed by atoms with van der Waals surface area (Å²) in [6.07, 6.45) is 2.91. The Kier molecular flexibility index (Phi) is 3.88. The summed E-state index contributed by atoms with van der Waals surface area (Å²) in [7, 11) is 4.14. The fraction of sp³-hybridized carbons (Fsp3) is 0.500. The monoisotopic (exact) mass is 242 g/mol. The predicted molar refractivity (Wildman–Crippen MR) is 58.9 cm³/mol. The summed E-state index contributed by atoms with van der Waals surface area (Å²) >= 11 is 3.52. The zero-order valence-corrected chi connectivity index (χ0v) is 9.93. The fourth-order valence-electron chi connectivity index (χ4n) is 1.08. The second-order valence-corrected chi connectivity index (χ2v) is 4.35. The van der Waals surface area contributed by atoms with E-state index in [1.807, 2.05) is 13.1 Å². The van der Waals surface area contributed by atoms with Crippen LogP contribution >= 0.6 is 15.9 Å². The third-order valence-electron chi connectivity index (χ3n) is 1.85. The van der Waals surface area contributed by atoms with E-state index < -0.39 is 0 Å². The van der Waals surface area contributed by atoms with Gasteiger partial charge < -0.3 is 4.90 Å². The number of hydrogen-bond acceptors (Lipinski definition) is 2. The summed E-state index contributed by atoms with van der Waals surface area (Å²) in [5.74, 6) is 0. The average molecular weight is 243 g/mol. The number of pyridine rings is 1.